The van der Waals surface area contributed by atoms with Crippen LogP contribution in [0.1, 0.15) is 0 Å². The van der Waals surface area contributed by atoms with E-state index in [0.717, 1.165) is 0 Å². The minimum atomic E-state index is 1.17. The van der Waals surface area contributed by atoms with Gasteiger partial charge in [-0.3, -0.25) is 4.90 Å². The molecule has 0 N–H and O–H groups in total. The van der Waals surface area contributed by atoms with E-state index in [-0.39, 0.29) is 0 Å². The largest absolute Gasteiger partial charge is 0.369 e. The molecule has 0 aromatic heterocycles. The fourth-order valence-corrected chi connectivity index (χ4v) is 3.95. The Morgan fingerprint density at radius 2 is 1.35 bits per heavy atom. The predicted octanol–water partition coefficient (Wildman–Crippen LogP) is 1.86. The van der Waals surface area contributed by atoms with Crippen LogP contribution in [0.15, 0.2) is 30.3 Å². The van der Waals surface area contributed by atoms with Crippen LogP contribution in [0.25, 0.3) is 0 Å². The highest BCUT2D eigenvalue weighted by Crippen LogP contribution is 2.15. The highest BCUT2D eigenvalue weighted by atomic mass is 32.2. The highest BCUT2D eigenvalue weighted by Gasteiger charge is 2.18. The Kier molecular flexibility index (Phi) is 5.23. The van der Waals surface area contributed by atoms with Crippen molar-refractivity contribution in [3.05, 3.63) is 30.3 Å². The van der Waals surface area contributed by atoms with E-state index in [0.29, 0.717) is 0 Å². The van der Waals surface area contributed by atoms with Gasteiger partial charge in [-0.25, -0.2) is 0 Å². The zero-order valence-electron chi connectivity index (χ0n) is 12.2. The fourth-order valence-electron chi connectivity index (χ4n) is 2.98. The average Bonchev–Trinajstić information content (AvgIpc) is 2.55. The van der Waals surface area contributed by atoms with Crippen molar-refractivity contribution in [3.8, 4) is 0 Å². The predicted molar refractivity (Wildman–Crippen MR) is 88.9 cm³/mol. The lowest BCUT2D eigenvalue weighted by atomic mass is 10.2. The quantitative estimate of drug-likeness (QED) is 0.837. The molecule has 2 heterocycles. The summed E-state index contributed by atoms with van der Waals surface area (Å²) in [6.45, 7) is 9.82. The Bertz CT molecular complexity index is 384. The second-order valence-corrected chi connectivity index (χ2v) is 6.84. The van der Waals surface area contributed by atoms with Crippen LogP contribution in [0.4, 0.5) is 5.69 Å². The molecular formula is C16H25N3S. The highest BCUT2D eigenvalue weighted by molar-refractivity contribution is 7.99. The standard InChI is InChI=1S/C16H25N3S/c1-2-4-16(5-3-1)19-10-8-17(9-11-19)6-7-18-12-14-20-15-13-18/h1-5H,6-15H2. The molecule has 0 saturated carbocycles. The van der Waals surface area contributed by atoms with E-state index in [1.165, 1.54) is 69.6 Å². The molecule has 3 nitrogen and oxygen atoms in total. The third kappa shape index (κ3) is 3.90. The number of piperazine rings is 1. The summed E-state index contributed by atoms with van der Waals surface area (Å²) in [7, 11) is 0. The third-order valence-electron chi connectivity index (χ3n) is 4.33. The topological polar surface area (TPSA) is 9.72 Å². The first-order valence-electron chi connectivity index (χ1n) is 7.74. The first-order valence-corrected chi connectivity index (χ1v) is 8.90. The van der Waals surface area contributed by atoms with E-state index in [1.807, 2.05) is 0 Å². The maximum atomic E-state index is 2.63. The van der Waals surface area contributed by atoms with E-state index in [4.69, 9.17) is 0 Å². The maximum absolute atomic E-state index is 2.63. The second kappa shape index (κ2) is 7.34. The van der Waals surface area contributed by atoms with Crippen molar-refractivity contribution in [1.29, 1.82) is 0 Å². The van der Waals surface area contributed by atoms with Crippen LogP contribution in [-0.2, 0) is 0 Å². The summed E-state index contributed by atoms with van der Waals surface area (Å²) in [6.07, 6.45) is 0. The molecule has 0 amide bonds. The van der Waals surface area contributed by atoms with E-state index in [1.54, 1.807) is 0 Å². The summed E-state index contributed by atoms with van der Waals surface area (Å²) >= 11 is 2.10. The Morgan fingerprint density at radius 1 is 0.750 bits per heavy atom. The maximum Gasteiger partial charge on any atom is 0.0367 e. The number of hydrogen-bond acceptors (Lipinski definition) is 4. The zero-order chi connectivity index (χ0) is 13.6. The van der Waals surface area contributed by atoms with Gasteiger partial charge in [0.15, 0.2) is 0 Å². The van der Waals surface area contributed by atoms with Gasteiger partial charge in [-0.05, 0) is 12.1 Å². The molecule has 0 bridgehead atoms. The van der Waals surface area contributed by atoms with E-state index in [2.05, 4.69) is 56.8 Å². The Labute approximate surface area is 126 Å². The molecule has 20 heavy (non-hydrogen) atoms. The molecule has 110 valence electrons. The van der Waals surface area contributed by atoms with Crippen molar-refractivity contribution in [2.24, 2.45) is 0 Å². The van der Waals surface area contributed by atoms with Gasteiger partial charge in [0.05, 0.1) is 0 Å². The molecule has 1 aromatic carbocycles. The number of benzene rings is 1. The molecular weight excluding hydrogens is 266 g/mol. The minimum absolute atomic E-state index is 1.17. The van der Waals surface area contributed by atoms with Gasteiger partial charge in [-0.15, -0.1) is 0 Å². The van der Waals surface area contributed by atoms with Gasteiger partial charge in [-0.1, -0.05) is 18.2 Å². The number of nitrogens with zero attached hydrogens (tertiary/aromatic N) is 3. The first-order chi connectivity index (χ1) is 9.92. The van der Waals surface area contributed by atoms with Crippen molar-refractivity contribution in [3.63, 3.8) is 0 Å². The summed E-state index contributed by atoms with van der Waals surface area (Å²) in [4.78, 5) is 7.76. The van der Waals surface area contributed by atoms with E-state index in [9.17, 15) is 0 Å². The number of para-hydroxylation sites is 1. The lowest BCUT2D eigenvalue weighted by molar-refractivity contribution is 0.205. The third-order valence-corrected chi connectivity index (χ3v) is 5.27. The first kappa shape index (κ1) is 14.2. The lowest BCUT2D eigenvalue weighted by Gasteiger charge is -2.37. The average molecular weight is 291 g/mol. The van der Waals surface area contributed by atoms with Crippen LogP contribution in [0, 0.1) is 0 Å². The molecule has 0 spiro atoms. The van der Waals surface area contributed by atoms with Gasteiger partial charge in [0.2, 0.25) is 0 Å². The summed E-state index contributed by atoms with van der Waals surface area (Å²) in [5, 5.41) is 0. The van der Waals surface area contributed by atoms with Crippen LogP contribution in [0.2, 0.25) is 0 Å². The Hall–Kier alpha value is -0.710. The molecule has 0 radical (unpaired) electrons. The van der Waals surface area contributed by atoms with Crippen molar-refractivity contribution in [2.75, 3.05) is 68.8 Å². The van der Waals surface area contributed by atoms with Crippen LogP contribution >= 0.6 is 11.8 Å². The van der Waals surface area contributed by atoms with Crippen LogP contribution in [0.3, 0.4) is 0 Å². The van der Waals surface area contributed by atoms with Gasteiger partial charge >= 0.3 is 0 Å². The van der Waals surface area contributed by atoms with Crippen LogP contribution in [-0.4, -0.2) is 73.7 Å². The summed E-state index contributed by atoms with van der Waals surface area (Å²) < 4.78 is 0. The molecule has 2 saturated heterocycles. The molecule has 2 aliphatic heterocycles. The summed E-state index contributed by atoms with van der Waals surface area (Å²) in [5.41, 5.74) is 1.38. The van der Waals surface area contributed by atoms with Gasteiger partial charge in [0.25, 0.3) is 0 Å². The van der Waals surface area contributed by atoms with Gasteiger partial charge in [0, 0.05) is 69.6 Å². The van der Waals surface area contributed by atoms with E-state index < -0.39 is 0 Å². The summed E-state index contributed by atoms with van der Waals surface area (Å²) in [5.74, 6) is 2.64. The molecule has 4 heteroatoms. The Balaban J connectivity index is 1.40. The number of rotatable bonds is 4. The second-order valence-electron chi connectivity index (χ2n) is 5.62. The van der Waals surface area contributed by atoms with Gasteiger partial charge in [-0.2, -0.15) is 11.8 Å². The molecule has 0 atom stereocenters. The molecule has 3 rings (SSSR count). The monoisotopic (exact) mass is 291 g/mol. The smallest absolute Gasteiger partial charge is 0.0367 e. The molecule has 0 aliphatic carbocycles. The van der Waals surface area contributed by atoms with Gasteiger partial charge in [0.1, 0.15) is 0 Å². The molecule has 1 aromatic rings. The van der Waals surface area contributed by atoms with Crippen LogP contribution in [0.5, 0.6) is 0 Å². The van der Waals surface area contributed by atoms with E-state index >= 15 is 0 Å². The normalized spacial score (nSPS) is 22.1. The minimum Gasteiger partial charge on any atom is -0.369 e. The van der Waals surface area contributed by atoms with Crippen molar-refractivity contribution in [2.45, 2.75) is 0 Å². The van der Waals surface area contributed by atoms with Crippen LogP contribution < -0.4 is 4.90 Å². The summed E-state index contributed by atoms with van der Waals surface area (Å²) in [6, 6.07) is 10.8. The van der Waals surface area contributed by atoms with Crippen molar-refractivity contribution >= 4 is 17.4 Å². The SMILES string of the molecule is c1ccc(N2CCN(CCN3CCSCC3)CC2)cc1. The number of thioether (sulfide) groups is 1. The molecule has 0 unspecified atom stereocenters. The van der Waals surface area contributed by atoms with Gasteiger partial charge < -0.3 is 9.80 Å². The molecule has 2 fully saturated rings. The lowest BCUT2D eigenvalue weighted by Crippen LogP contribution is -2.49. The van der Waals surface area contributed by atoms with Crippen molar-refractivity contribution in [1.82, 2.24) is 9.80 Å². The number of anilines is 1. The number of hydrogen-bond donors (Lipinski definition) is 0. The molecule has 2 aliphatic rings. The van der Waals surface area contributed by atoms with Crippen molar-refractivity contribution < 1.29 is 0 Å². The fraction of sp³-hybridized carbons (Fsp3) is 0.625. The zero-order valence-corrected chi connectivity index (χ0v) is 13.0. The Morgan fingerprint density at radius 3 is 2.00 bits per heavy atom.